The van der Waals surface area contributed by atoms with E-state index in [0.717, 1.165) is 48.1 Å². The number of nitrogens with zero attached hydrogens (tertiary/aromatic N) is 4. The summed E-state index contributed by atoms with van der Waals surface area (Å²) in [5.41, 5.74) is 3.96. The van der Waals surface area contributed by atoms with Gasteiger partial charge in [0.1, 0.15) is 28.1 Å². The van der Waals surface area contributed by atoms with Crippen molar-refractivity contribution < 1.29 is 14.6 Å². The lowest BCUT2D eigenvalue weighted by atomic mass is 10.1. The fourth-order valence-corrected chi connectivity index (χ4v) is 4.45. The summed E-state index contributed by atoms with van der Waals surface area (Å²) in [6, 6.07) is 9.11. The standard InChI is InChI=1S/C21H21N5O3/c1-29-16-10-9-14(21(27)28)19-18(16)22-20(12-5-2-3-6-12)26(19)11-13-7-4-8-15-17(13)24-25-23-15/h4,7-10,12H,2-3,5-6,11H2,1H3,(H,27,28)(H,23,24,25). The number of hydrogen-bond donors (Lipinski definition) is 2. The lowest BCUT2D eigenvalue weighted by Crippen LogP contribution is -2.11. The first kappa shape index (κ1) is 17.7. The zero-order chi connectivity index (χ0) is 20.0. The third-order valence-electron chi connectivity index (χ3n) is 5.82. The summed E-state index contributed by atoms with van der Waals surface area (Å²) in [7, 11) is 1.58. The number of para-hydroxylation sites is 1. The van der Waals surface area contributed by atoms with Gasteiger partial charge in [-0.3, -0.25) is 0 Å². The summed E-state index contributed by atoms with van der Waals surface area (Å²) in [5.74, 6) is 0.842. The molecule has 2 aromatic carbocycles. The minimum absolute atomic E-state index is 0.227. The zero-order valence-electron chi connectivity index (χ0n) is 16.1. The van der Waals surface area contributed by atoms with Crippen molar-refractivity contribution in [2.75, 3.05) is 7.11 Å². The molecule has 0 radical (unpaired) electrons. The molecule has 0 unspecified atom stereocenters. The number of nitrogens with one attached hydrogen (secondary N) is 1. The third kappa shape index (κ3) is 2.83. The van der Waals surface area contributed by atoms with Crippen LogP contribution >= 0.6 is 0 Å². The fourth-order valence-electron chi connectivity index (χ4n) is 4.45. The highest BCUT2D eigenvalue weighted by atomic mass is 16.5. The molecule has 29 heavy (non-hydrogen) atoms. The molecule has 0 atom stereocenters. The molecule has 4 aromatic rings. The zero-order valence-corrected chi connectivity index (χ0v) is 16.1. The average molecular weight is 391 g/mol. The quantitative estimate of drug-likeness (QED) is 0.537. The first-order valence-electron chi connectivity index (χ1n) is 9.76. The summed E-state index contributed by atoms with van der Waals surface area (Å²) < 4.78 is 7.55. The van der Waals surface area contributed by atoms with Gasteiger partial charge in [0.25, 0.3) is 0 Å². The number of aromatic nitrogens is 5. The fraction of sp³-hybridized carbons (Fsp3) is 0.333. The largest absolute Gasteiger partial charge is 0.494 e. The molecule has 8 heteroatoms. The maximum absolute atomic E-state index is 12.0. The van der Waals surface area contributed by atoms with Crippen LogP contribution in [0.2, 0.25) is 0 Å². The van der Waals surface area contributed by atoms with E-state index in [4.69, 9.17) is 9.72 Å². The predicted octanol–water partition coefficient (Wildman–Crippen LogP) is 3.72. The molecule has 148 valence electrons. The smallest absolute Gasteiger partial charge is 0.337 e. The Balaban J connectivity index is 1.78. The molecular weight excluding hydrogens is 370 g/mol. The highest BCUT2D eigenvalue weighted by molar-refractivity contribution is 6.03. The number of hydrogen-bond acceptors (Lipinski definition) is 5. The van der Waals surface area contributed by atoms with Crippen molar-refractivity contribution in [1.82, 2.24) is 25.0 Å². The Morgan fingerprint density at radius 3 is 2.79 bits per heavy atom. The first-order chi connectivity index (χ1) is 14.2. The van der Waals surface area contributed by atoms with Crippen LogP contribution in [0, 0.1) is 0 Å². The Morgan fingerprint density at radius 2 is 2.03 bits per heavy atom. The van der Waals surface area contributed by atoms with E-state index >= 15 is 0 Å². The number of fused-ring (bicyclic) bond motifs is 2. The number of aromatic amines is 1. The Labute approximate surface area is 166 Å². The lowest BCUT2D eigenvalue weighted by molar-refractivity contribution is 0.0698. The highest BCUT2D eigenvalue weighted by Crippen LogP contribution is 2.38. The van der Waals surface area contributed by atoms with Crippen LogP contribution in [0.15, 0.2) is 30.3 Å². The van der Waals surface area contributed by atoms with Crippen molar-refractivity contribution in [2.24, 2.45) is 0 Å². The second-order valence-electron chi connectivity index (χ2n) is 7.46. The number of H-pyrrole nitrogens is 1. The van der Waals surface area contributed by atoms with Crippen LogP contribution in [0.3, 0.4) is 0 Å². The van der Waals surface area contributed by atoms with E-state index in [-0.39, 0.29) is 5.56 Å². The highest BCUT2D eigenvalue weighted by Gasteiger charge is 2.28. The summed E-state index contributed by atoms with van der Waals surface area (Å²) in [6.45, 7) is 0.472. The van der Waals surface area contributed by atoms with E-state index in [0.29, 0.717) is 29.2 Å². The van der Waals surface area contributed by atoms with Crippen LogP contribution in [-0.2, 0) is 6.54 Å². The molecule has 5 rings (SSSR count). The van der Waals surface area contributed by atoms with Gasteiger partial charge in [0, 0.05) is 11.5 Å². The predicted molar refractivity (Wildman–Crippen MR) is 107 cm³/mol. The average Bonchev–Trinajstić information content (AvgIpc) is 3.47. The van der Waals surface area contributed by atoms with Gasteiger partial charge in [-0.2, -0.15) is 15.4 Å². The number of carboxylic acids is 1. The molecule has 0 saturated heterocycles. The van der Waals surface area contributed by atoms with Gasteiger partial charge in [0.2, 0.25) is 0 Å². The van der Waals surface area contributed by atoms with E-state index in [1.807, 2.05) is 22.8 Å². The molecule has 0 bridgehead atoms. The molecule has 1 aliphatic rings. The van der Waals surface area contributed by atoms with Crippen molar-refractivity contribution in [1.29, 1.82) is 0 Å². The number of benzene rings is 2. The molecule has 0 aliphatic heterocycles. The Morgan fingerprint density at radius 1 is 1.21 bits per heavy atom. The molecule has 2 heterocycles. The van der Waals surface area contributed by atoms with Crippen LogP contribution in [0.5, 0.6) is 5.75 Å². The number of carbonyl (C=O) groups is 1. The van der Waals surface area contributed by atoms with Gasteiger partial charge in [0.15, 0.2) is 0 Å². The van der Waals surface area contributed by atoms with Gasteiger partial charge in [-0.1, -0.05) is 25.0 Å². The second kappa shape index (κ2) is 6.88. The summed E-state index contributed by atoms with van der Waals surface area (Å²) in [6.07, 6.45) is 4.44. The van der Waals surface area contributed by atoms with Crippen LogP contribution in [-0.4, -0.2) is 43.1 Å². The number of aromatic carboxylic acids is 1. The second-order valence-corrected chi connectivity index (χ2v) is 7.46. The number of ether oxygens (including phenoxy) is 1. The molecule has 2 N–H and O–H groups in total. The van der Waals surface area contributed by atoms with E-state index in [9.17, 15) is 9.90 Å². The minimum atomic E-state index is -0.976. The van der Waals surface area contributed by atoms with Crippen LogP contribution in [0.4, 0.5) is 0 Å². The maximum Gasteiger partial charge on any atom is 0.337 e. The topological polar surface area (TPSA) is 106 Å². The van der Waals surface area contributed by atoms with Crippen molar-refractivity contribution in [2.45, 2.75) is 38.1 Å². The molecule has 1 fully saturated rings. The monoisotopic (exact) mass is 391 g/mol. The van der Waals surface area contributed by atoms with Gasteiger partial charge in [-0.05, 0) is 31.0 Å². The van der Waals surface area contributed by atoms with Crippen molar-refractivity contribution in [3.63, 3.8) is 0 Å². The minimum Gasteiger partial charge on any atom is -0.494 e. The van der Waals surface area contributed by atoms with E-state index in [1.54, 1.807) is 19.2 Å². The Bertz CT molecular complexity index is 1220. The molecule has 8 nitrogen and oxygen atoms in total. The molecule has 1 aliphatic carbocycles. The molecule has 1 saturated carbocycles. The summed E-state index contributed by atoms with van der Waals surface area (Å²) in [4.78, 5) is 16.9. The van der Waals surface area contributed by atoms with Crippen LogP contribution < -0.4 is 4.74 Å². The summed E-state index contributed by atoms with van der Waals surface area (Å²) >= 11 is 0. The molecule has 2 aromatic heterocycles. The van der Waals surface area contributed by atoms with Crippen molar-refractivity contribution >= 4 is 28.0 Å². The van der Waals surface area contributed by atoms with E-state index < -0.39 is 5.97 Å². The van der Waals surface area contributed by atoms with Gasteiger partial charge < -0.3 is 14.4 Å². The maximum atomic E-state index is 12.0. The summed E-state index contributed by atoms with van der Waals surface area (Å²) in [5, 5.41) is 21.0. The van der Waals surface area contributed by atoms with Crippen molar-refractivity contribution in [3.8, 4) is 5.75 Å². The number of methoxy groups -OCH3 is 1. The van der Waals surface area contributed by atoms with Gasteiger partial charge >= 0.3 is 5.97 Å². The lowest BCUT2D eigenvalue weighted by Gasteiger charge is -2.15. The van der Waals surface area contributed by atoms with Gasteiger partial charge in [-0.25, -0.2) is 9.78 Å². The van der Waals surface area contributed by atoms with E-state index in [1.165, 1.54) is 0 Å². The van der Waals surface area contributed by atoms with Crippen molar-refractivity contribution in [3.05, 3.63) is 47.3 Å². The van der Waals surface area contributed by atoms with Gasteiger partial charge in [0.05, 0.1) is 24.7 Å². The molecular formula is C21H21N5O3. The molecule has 0 spiro atoms. The van der Waals surface area contributed by atoms with Gasteiger partial charge in [-0.15, -0.1) is 0 Å². The first-order valence-corrected chi connectivity index (χ1v) is 9.76. The normalized spacial score (nSPS) is 14.8. The Hall–Kier alpha value is -3.42. The Kier molecular flexibility index (Phi) is 4.19. The van der Waals surface area contributed by atoms with Crippen LogP contribution in [0.25, 0.3) is 22.1 Å². The van der Waals surface area contributed by atoms with Crippen LogP contribution in [0.1, 0.15) is 53.3 Å². The number of rotatable bonds is 5. The SMILES string of the molecule is COc1ccc(C(=O)O)c2c1nc(C1CCCC1)n2Cc1cccc2n[nH]nc12. The molecule has 0 amide bonds. The number of imidazole rings is 1. The number of carboxylic acid groups (broad SMARTS) is 1. The third-order valence-corrected chi connectivity index (χ3v) is 5.82. The van der Waals surface area contributed by atoms with E-state index in [2.05, 4.69) is 15.4 Å².